The fourth-order valence-corrected chi connectivity index (χ4v) is 0.489. The zero-order valence-corrected chi connectivity index (χ0v) is 5.40. The van der Waals surface area contributed by atoms with Gasteiger partial charge in [0.2, 0.25) is 0 Å². The monoisotopic (exact) mass is 198 g/mol. The van der Waals surface area contributed by atoms with E-state index >= 15 is 0 Å². The molecule has 0 aliphatic carbocycles. The van der Waals surface area contributed by atoms with Gasteiger partial charge >= 0.3 is 16.8 Å². The van der Waals surface area contributed by atoms with Crippen LogP contribution in [-0.4, -0.2) is 16.8 Å². The molecule has 0 unspecified atom stereocenters. The average molecular weight is 198 g/mol. The van der Waals surface area contributed by atoms with Crippen molar-refractivity contribution in [2.24, 2.45) is 0 Å². The van der Waals surface area contributed by atoms with E-state index in [1.54, 1.807) is 0 Å². The number of halogens is 6. The number of alkyl halides is 6. The molecule has 8 heteroatoms. The molecule has 1 nitrogen and oxygen atoms in total. The maximum absolute atomic E-state index is 11.1. The summed E-state index contributed by atoms with van der Waals surface area (Å²) in [7, 11) is 0. The van der Waals surface area contributed by atoms with Crippen LogP contribution in [0.2, 0.25) is 0 Å². The molecule has 0 fully saturated rings. The largest absolute Gasteiger partial charge is 0.461 e. The third-order valence-corrected chi connectivity index (χ3v) is 1.09. The molecule has 0 rings (SSSR count). The van der Waals surface area contributed by atoms with Gasteiger partial charge < -0.3 is 0 Å². The molecule has 0 aliphatic heterocycles. The summed E-state index contributed by atoms with van der Waals surface area (Å²) in [5.41, 5.74) is -5.17. The van der Waals surface area contributed by atoms with Gasteiger partial charge in [-0.05, 0) is 0 Å². The Bertz CT molecular complexity index is 156. The molecule has 0 aromatic carbocycles. The minimum atomic E-state index is -5.43. The number of hydrogen-bond donors (Lipinski definition) is 0. The molecular weight excluding hydrogens is 198 g/mol. The van der Waals surface area contributed by atoms with Crippen molar-refractivity contribution < 1.29 is 31.1 Å². The summed E-state index contributed by atoms with van der Waals surface area (Å²) in [5.74, 6) is 0. The zero-order chi connectivity index (χ0) is 9.28. The Morgan fingerprint density at radius 2 is 1.36 bits per heavy atom. The minimum absolute atomic E-state index is 1.70. The number of carbonyl (C=O) groups excluding carboxylic acids is 1. The van der Waals surface area contributed by atoms with Crippen LogP contribution >= 0.6 is 11.8 Å². The van der Waals surface area contributed by atoms with Crippen LogP contribution in [0.1, 0.15) is 0 Å². The Morgan fingerprint density at radius 1 is 1.00 bits per heavy atom. The van der Waals surface area contributed by atoms with E-state index in [1.165, 1.54) is 0 Å². The summed E-state index contributed by atoms with van der Waals surface area (Å²) >= 11 is -1.70. The smallest absolute Gasteiger partial charge is 0.277 e. The Hall–Kier alpha value is -0.400. The van der Waals surface area contributed by atoms with Gasteiger partial charge in [-0.25, -0.2) is 0 Å². The molecule has 0 atom stereocenters. The first-order valence-electron chi connectivity index (χ1n) is 2.00. The van der Waals surface area contributed by atoms with Crippen molar-refractivity contribution in [1.29, 1.82) is 0 Å². The van der Waals surface area contributed by atoms with Crippen molar-refractivity contribution in [2.45, 2.75) is 11.7 Å². The second-order valence-electron chi connectivity index (χ2n) is 1.33. The van der Waals surface area contributed by atoms with Crippen LogP contribution in [0.4, 0.5) is 26.3 Å². The molecule has 0 heterocycles. The first kappa shape index (κ1) is 10.6. The van der Waals surface area contributed by atoms with E-state index in [0.29, 0.717) is 0 Å². The summed E-state index contributed by atoms with van der Waals surface area (Å²) in [5, 5.41) is -2.86. The predicted octanol–water partition coefficient (Wildman–Crippen LogP) is 2.33. The van der Waals surface area contributed by atoms with Gasteiger partial charge in [-0.15, -0.1) is 0 Å². The molecule has 0 spiro atoms. The van der Waals surface area contributed by atoms with Crippen molar-refractivity contribution in [3.8, 4) is 0 Å². The fourth-order valence-electron chi connectivity index (χ4n) is 0.163. The van der Waals surface area contributed by atoms with E-state index in [0.717, 1.165) is 0 Å². The van der Waals surface area contributed by atoms with Crippen LogP contribution in [0.25, 0.3) is 0 Å². The number of rotatable bonds is 0. The van der Waals surface area contributed by atoms with Gasteiger partial charge in [-0.2, -0.15) is 26.3 Å². The Kier molecular flexibility index (Phi) is 2.81. The van der Waals surface area contributed by atoms with Gasteiger partial charge in [0, 0.05) is 11.8 Å². The van der Waals surface area contributed by atoms with Crippen LogP contribution in [0.3, 0.4) is 0 Å². The average Bonchev–Trinajstić information content (AvgIpc) is 1.56. The zero-order valence-electron chi connectivity index (χ0n) is 4.58. The van der Waals surface area contributed by atoms with Crippen LogP contribution in [-0.2, 0) is 4.79 Å². The Morgan fingerprint density at radius 3 is 1.45 bits per heavy atom. The van der Waals surface area contributed by atoms with E-state index in [1.807, 2.05) is 0 Å². The van der Waals surface area contributed by atoms with Gasteiger partial charge in [-0.3, -0.25) is 4.79 Å². The summed E-state index contributed by atoms with van der Waals surface area (Å²) < 4.78 is 66.6. The van der Waals surface area contributed by atoms with E-state index in [2.05, 4.69) is 0 Å². The minimum Gasteiger partial charge on any atom is -0.277 e. The summed E-state index contributed by atoms with van der Waals surface area (Å²) in [6, 6.07) is 0. The van der Waals surface area contributed by atoms with E-state index in [9.17, 15) is 31.1 Å². The quantitative estimate of drug-likeness (QED) is 0.555. The lowest BCUT2D eigenvalue weighted by Gasteiger charge is -2.05. The van der Waals surface area contributed by atoms with Crippen molar-refractivity contribution >= 4 is 16.9 Å². The highest BCUT2D eigenvalue weighted by atomic mass is 32.2. The van der Waals surface area contributed by atoms with Crippen LogP contribution < -0.4 is 0 Å². The molecule has 0 radical (unpaired) electrons. The molecule has 0 amide bonds. The highest BCUT2D eigenvalue weighted by molar-refractivity contribution is 8.14. The molecule has 0 N–H and O–H groups in total. The predicted molar refractivity (Wildman–Crippen MR) is 24.7 cm³/mol. The molecule has 0 saturated heterocycles. The third-order valence-electron chi connectivity index (χ3n) is 0.440. The van der Waals surface area contributed by atoms with Crippen LogP contribution in [0.15, 0.2) is 0 Å². The lowest BCUT2D eigenvalue weighted by molar-refractivity contribution is -0.161. The molecule has 11 heavy (non-hydrogen) atoms. The van der Waals surface area contributed by atoms with E-state index in [4.69, 9.17) is 0 Å². The normalized spacial score (nSPS) is 13.3. The van der Waals surface area contributed by atoms with E-state index in [-0.39, 0.29) is 0 Å². The third kappa shape index (κ3) is 4.93. The maximum atomic E-state index is 11.1. The molecular formula is C3F6OS. The molecule has 0 bridgehead atoms. The van der Waals surface area contributed by atoms with Gasteiger partial charge in [-0.1, -0.05) is 0 Å². The lowest BCUT2D eigenvalue weighted by Crippen LogP contribution is -2.22. The van der Waals surface area contributed by atoms with E-state index < -0.39 is 28.6 Å². The highest BCUT2D eigenvalue weighted by Gasteiger charge is 2.46. The molecule has 0 aromatic rings. The van der Waals surface area contributed by atoms with Gasteiger partial charge in [0.15, 0.2) is 0 Å². The van der Waals surface area contributed by atoms with Gasteiger partial charge in [0.1, 0.15) is 0 Å². The van der Waals surface area contributed by atoms with Crippen LogP contribution in [0, 0.1) is 0 Å². The Balaban J connectivity index is 4.11. The van der Waals surface area contributed by atoms with Gasteiger partial charge in [0.05, 0.1) is 0 Å². The highest BCUT2D eigenvalue weighted by Crippen LogP contribution is 2.36. The lowest BCUT2D eigenvalue weighted by atomic mass is 10.8. The second-order valence-corrected chi connectivity index (χ2v) is 2.37. The van der Waals surface area contributed by atoms with Crippen LogP contribution in [0.5, 0.6) is 0 Å². The fraction of sp³-hybridized carbons (Fsp3) is 0.667. The second kappa shape index (κ2) is 2.92. The topological polar surface area (TPSA) is 17.1 Å². The maximum Gasteiger partial charge on any atom is 0.461 e. The van der Waals surface area contributed by atoms with Crippen molar-refractivity contribution in [2.75, 3.05) is 0 Å². The standard InChI is InChI=1S/C3F6OS/c4-2(5,6)1(10)11-3(7,8)9. The van der Waals surface area contributed by atoms with Crippen molar-refractivity contribution in [3.05, 3.63) is 0 Å². The summed E-state index contributed by atoms with van der Waals surface area (Å²) in [6.07, 6.45) is -5.43. The Labute approximate surface area is 60.7 Å². The van der Waals surface area contributed by atoms with Crippen molar-refractivity contribution in [1.82, 2.24) is 0 Å². The SMILES string of the molecule is O=C(SC(F)(F)F)C(F)(F)F. The summed E-state index contributed by atoms with van der Waals surface area (Å²) in [4.78, 5) is 9.60. The first-order valence-corrected chi connectivity index (χ1v) is 2.81. The molecule has 0 aliphatic rings. The van der Waals surface area contributed by atoms with Crippen molar-refractivity contribution in [3.63, 3.8) is 0 Å². The number of carbonyl (C=O) groups is 1. The molecule has 66 valence electrons. The summed E-state index contributed by atoms with van der Waals surface area (Å²) in [6.45, 7) is 0. The first-order chi connectivity index (χ1) is 4.63. The molecule has 0 saturated carbocycles. The molecule has 0 aromatic heterocycles. The number of hydrogen-bond acceptors (Lipinski definition) is 2. The number of thioether (sulfide) groups is 1. The van der Waals surface area contributed by atoms with Gasteiger partial charge in [0.25, 0.3) is 0 Å².